The molecule has 0 unspecified atom stereocenters. The van der Waals surface area contributed by atoms with Crippen molar-refractivity contribution < 1.29 is 10.9 Å². The maximum Gasteiger partial charge on any atom is 0.333 e. The van der Waals surface area contributed by atoms with Crippen LogP contribution in [0.4, 0.5) is 0 Å². The molecule has 2 nitrogen and oxygen atoms in total. The monoisotopic (exact) mass is 462 g/mol. The molecule has 184 valence electrons. The highest BCUT2D eigenvalue weighted by atomic mass is 16.5. The second-order valence-corrected chi connectivity index (χ2v) is 9.56. The Morgan fingerprint density at radius 1 is 0.941 bits per heavy atom. The van der Waals surface area contributed by atoms with Gasteiger partial charge in [-0.2, -0.15) is 0 Å². The predicted molar refractivity (Wildman–Crippen MR) is 149 cm³/mol. The topological polar surface area (TPSA) is 26.3 Å². The van der Waals surface area contributed by atoms with Gasteiger partial charge in [0.2, 0.25) is 0 Å². The molecule has 0 heterocycles. The third-order valence-electron chi connectivity index (χ3n) is 5.83. The quantitative estimate of drug-likeness (QED) is 0.184. The Hall–Kier alpha value is -2.87. The van der Waals surface area contributed by atoms with Gasteiger partial charge in [-0.25, -0.2) is 4.79 Å². The van der Waals surface area contributed by atoms with Gasteiger partial charge in [0.25, 0.3) is 0 Å². The van der Waals surface area contributed by atoms with Gasteiger partial charge in [-0.05, 0) is 71.8 Å². The third kappa shape index (κ3) is 11.3. The fourth-order valence-electron chi connectivity index (χ4n) is 3.75. The zero-order valence-corrected chi connectivity index (χ0v) is 22.5. The average molecular weight is 463 g/mol. The summed E-state index contributed by atoms with van der Waals surface area (Å²) in [5, 5.41) is 0. The lowest BCUT2D eigenvalue weighted by Crippen LogP contribution is -2.19. The molecule has 0 aromatic rings. The van der Waals surface area contributed by atoms with Gasteiger partial charge in [-0.15, -0.1) is 0 Å². The Bertz CT molecular complexity index is 1020. The Morgan fingerprint density at radius 3 is 2.09 bits per heavy atom. The van der Waals surface area contributed by atoms with E-state index in [1.54, 1.807) is 19.9 Å². The van der Waals surface area contributed by atoms with Gasteiger partial charge in [-0.1, -0.05) is 109 Å². The molecule has 1 aliphatic rings. The minimum atomic E-state index is -0.445. The van der Waals surface area contributed by atoms with Gasteiger partial charge in [0.15, 0.2) is 0 Å². The molecule has 0 amide bonds. The second-order valence-electron chi connectivity index (χ2n) is 9.56. The summed E-state index contributed by atoms with van der Waals surface area (Å²) in [4.78, 5) is 11.7. The van der Waals surface area contributed by atoms with Crippen molar-refractivity contribution in [3.05, 3.63) is 106 Å². The highest BCUT2D eigenvalue weighted by Crippen LogP contribution is 2.40. The summed E-state index contributed by atoms with van der Waals surface area (Å²) in [5.41, 5.74) is 6.97. The Balaban J connectivity index is 2.69. The fourth-order valence-corrected chi connectivity index (χ4v) is 3.75. The number of hydrogen-bond acceptors (Lipinski definition) is 2. The highest BCUT2D eigenvalue weighted by molar-refractivity contribution is 5.88. The van der Waals surface area contributed by atoms with Gasteiger partial charge < -0.3 is 4.74 Å². The summed E-state index contributed by atoms with van der Waals surface area (Å²) >= 11 is 0. The predicted octanol–water partition coefficient (Wildman–Crippen LogP) is 9.09. The zero-order valence-electron chi connectivity index (χ0n) is 23.5. The largest absolute Gasteiger partial charge is 0.463 e. The summed E-state index contributed by atoms with van der Waals surface area (Å²) in [6.45, 7) is 16.8. The molecule has 2 heteroatoms. The summed E-state index contributed by atoms with van der Waals surface area (Å²) < 4.78 is 12.9. The van der Waals surface area contributed by atoms with E-state index in [1.165, 1.54) is 36.0 Å². The first-order valence-electron chi connectivity index (χ1n) is 12.8. The normalized spacial score (nSPS) is 19.5. The van der Waals surface area contributed by atoms with E-state index in [1.807, 2.05) is 31.2 Å². The number of ether oxygens (including phenoxy) is 1. The van der Waals surface area contributed by atoms with Crippen LogP contribution in [0.1, 0.15) is 76.0 Å². The molecule has 0 radical (unpaired) electrons. The lowest BCUT2D eigenvalue weighted by molar-refractivity contribution is -0.138. The van der Waals surface area contributed by atoms with Crippen LogP contribution in [0.2, 0.25) is 0 Å². The summed E-state index contributed by atoms with van der Waals surface area (Å²) in [6, 6.07) is 0.161. The van der Waals surface area contributed by atoms with Gasteiger partial charge in [0.1, 0.15) is 0 Å². The standard InChI is InChI=1S/C32H44O2/c1-9-34-31(33)29(6)20-13-19-26(3)16-11-10-15-25(2)17-12-18-27(4)22-23-30-28(5)21-14-24-32(30,7)8/h10-13,15-20,22-23H,9,14,21,24H2,1-8H3/b11-10+,17-12+,19-13+,23-22+,25-15+,26-16+,27-18+,29-20+/i20T. The molecule has 0 bridgehead atoms. The number of carbonyl (C=O) groups is 1. The summed E-state index contributed by atoms with van der Waals surface area (Å²) in [5.74, 6) is -0.445. The van der Waals surface area contributed by atoms with Crippen molar-refractivity contribution in [3.63, 3.8) is 0 Å². The SMILES string of the molecule is [3H]C(/C=C/C(C)=C/C=C/C=C(C)/C=C/C=C(C)/C=C/C1=C(C)CCCC1(C)C)=C(/C)C(=O)OCC. The maximum absolute atomic E-state index is 11.7. The van der Waals surface area contributed by atoms with E-state index in [4.69, 9.17) is 6.11 Å². The van der Waals surface area contributed by atoms with E-state index in [0.29, 0.717) is 12.2 Å². The molecule has 1 aliphatic carbocycles. The minimum absolute atomic E-state index is 0.161. The van der Waals surface area contributed by atoms with Crippen molar-refractivity contribution in [3.8, 4) is 0 Å². The van der Waals surface area contributed by atoms with E-state index >= 15 is 0 Å². The first-order chi connectivity index (χ1) is 16.5. The fraction of sp³-hybridized carbons (Fsp3) is 0.406. The third-order valence-corrected chi connectivity index (χ3v) is 5.83. The average Bonchev–Trinajstić information content (AvgIpc) is 2.79. The minimum Gasteiger partial charge on any atom is -0.463 e. The Labute approximate surface area is 210 Å². The molecule has 34 heavy (non-hydrogen) atoms. The lowest BCUT2D eigenvalue weighted by atomic mass is 9.72. The van der Waals surface area contributed by atoms with E-state index < -0.39 is 5.97 Å². The van der Waals surface area contributed by atoms with Crippen LogP contribution in [0.5, 0.6) is 0 Å². The van der Waals surface area contributed by atoms with Crippen molar-refractivity contribution in [2.45, 2.75) is 74.7 Å². The molecule has 0 saturated heterocycles. The zero-order chi connectivity index (χ0) is 26.4. The highest BCUT2D eigenvalue weighted by Gasteiger charge is 2.26. The molecule has 0 atom stereocenters. The van der Waals surface area contributed by atoms with Crippen molar-refractivity contribution in [1.29, 1.82) is 0 Å². The number of carbonyl (C=O) groups excluding carboxylic acids is 1. The maximum atomic E-state index is 11.7. The molecule has 0 spiro atoms. The van der Waals surface area contributed by atoms with Gasteiger partial charge >= 0.3 is 5.97 Å². The van der Waals surface area contributed by atoms with Gasteiger partial charge in [-0.3, -0.25) is 0 Å². The molecule has 0 aromatic carbocycles. The molecule has 0 fully saturated rings. The number of rotatable bonds is 10. The Morgan fingerprint density at radius 2 is 1.50 bits per heavy atom. The van der Waals surface area contributed by atoms with Gasteiger partial charge in [0, 0.05) is 5.57 Å². The van der Waals surface area contributed by atoms with Crippen molar-refractivity contribution in [2.24, 2.45) is 5.41 Å². The smallest absolute Gasteiger partial charge is 0.333 e. The molecule has 1 rings (SSSR count). The van der Waals surface area contributed by atoms with Crippen LogP contribution in [-0.4, -0.2) is 12.6 Å². The van der Waals surface area contributed by atoms with Crippen molar-refractivity contribution in [1.82, 2.24) is 0 Å². The second kappa shape index (κ2) is 15.1. The molecule has 0 saturated carbocycles. The molecule has 0 aliphatic heterocycles. The van der Waals surface area contributed by atoms with E-state index in [2.05, 4.69) is 71.1 Å². The van der Waals surface area contributed by atoms with E-state index in [0.717, 1.165) is 11.1 Å². The van der Waals surface area contributed by atoms with Gasteiger partial charge in [0.05, 0.1) is 7.98 Å². The molecular formula is C32H44O2. The molecule has 0 aromatic heterocycles. The van der Waals surface area contributed by atoms with Crippen LogP contribution in [-0.2, 0) is 9.53 Å². The van der Waals surface area contributed by atoms with Crippen LogP contribution in [0.25, 0.3) is 0 Å². The van der Waals surface area contributed by atoms with E-state index in [-0.39, 0.29) is 11.5 Å². The first-order valence-corrected chi connectivity index (χ1v) is 12.3. The van der Waals surface area contributed by atoms with Crippen LogP contribution in [0.3, 0.4) is 0 Å². The number of hydrogen-bond donors (Lipinski definition) is 0. The first kappa shape index (κ1) is 27.4. The van der Waals surface area contributed by atoms with E-state index in [9.17, 15) is 4.79 Å². The summed E-state index contributed by atoms with van der Waals surface area (Å²) in [7, 11) is 0. The molecular weight excluding hydrogens is 416 g/mol. The van der Waals surface area contributed by atoms with Crippen LogP contribution in [0.15, 0.2) is 106 Å². The summed E-state index contributed by atoms with van der Waals surface area (Å²) in [6.07, 6.45) is 26.0. The number of esters is 1. The van der Waals surface area contributed by atoms with Crippen LogP contribution < -0.4 is 0 Å². The number of allylic oxidation sites excluding steroid dienone is 17. The molecule has 0 N–H and O–H groups in total. The van der Waals surface area contributed by atoms with Crippen molar-refractivity contribution >= 4 is 5.97 Å². The van der Waals surface area contributed by atoms with Crippen molar-refractivity contribution in [2.75, 3.05) is 6.61 Å². The lowest BCUT2D eigenvalue weighted by Gasteiger charge is -2.32. The van der Waals surface area contributed by atoms with Crippen LogP contribution in [0, 0.1) is 5.41 Å². The Kier molecular flexibility index (Phi) is 12.2. The van der Waals surface area contributed by atoms with Crippen LogP contribution >= 0.6 is 0 Å².